The van der Waals surface area contributed by atoms with Gasteiger partial charge in [0.1, 0.15) is 11.5 Å². The van der Waals surface area contributed by atoms with Crippen LogP contribution in [0, 0.1) is 0 Å². The summed E-state index contributed by atoms with van der Waals surface area (Å²) in [6, 6.07) is 0.477. The predicted molar refractivity (Wildman–Crippen MR) is 106 cm³/mol. The van der Waals surface area contributed by atoms with Crippen LogP contribution in [-0.4, -0.2) is 58.6 Å². The molecule has 1 aromatic rings. The average Bonchev–Trinajstić information content (AvgIpc) is 2.98. The van der Waals surface area contributed by atoms with E-state index in [1.54, 1.807) is 11.1 Å². The van der Waals surface area contributed by atoms with E-state index in [1.807, 2.05) is 6.92 Å². The minimum atomic E-state index is -0.246. The van der Waals surface area contributed by atoms with Gasteiger partial charge in [0.25, 0.3) is 5.91 Å². The van der Waals surface area contributed by atoms with Gasteiger partial charge in [0.2, 0.25) is 0 Å². The number of nitrogens with zero attached hydrogens (tertiary/aromatic N) is 3. The molecule has 3 rings (SSSR count). The Hall–Kier alpha value is -2.38. The Labute approximate surface area is 166 Å². The molecule has 0 spiro atoms. The molecule has 0 aromatic carbocycles. The number of piperidine rings is 1. The predicted octanol–water partition coefficient (Wildman–Crippen LogP) is 2.96. The van der Waals surface area contributed by atoms with Crippen LogP contribution in [0.3, 0.4) is 0 Å². The summed E-state index contributed by atoms with van der Waals surface area (Å²) < 4.78 is 5.04. The summed E-state index contributed by atoms with van der Waals surface area (Å²) in [6.07, 6.45) is 11.5. The van der Waals surface area contributed by atoms with Gasteiger partial charge in [-0.2, -0.15) is 0 Å². The molecule has 1 saturated heterocycles. The number of carbonyl (C=O) groups is 2. The first-order valence-corrected chi connectivity index (χ1v) is 10.5. The van der Waals surface area contributed by atoms with Crippen LogP contribution in [0.5, 0.6) is 0 Å². The molecule has 2 heterocycles. The first kappa shape index (κ1) is 20.4. The minimum Gasteiger partial charge on any atom is -0.450 e. The van der Waals surface area contributed by atoms with Gasteiger partial charge < -0.3 is 20.3 Å². The van der Waals surface area contributed by atoms with E-state index in [-0.39, 0.29) is 24.1 Å². The molecule has 0 bridgehead atoms. The van der Waals surface area contributed by atoms with Gasteiger partial charge in [-0.3, -0.25) is 4.79 Å². The highest BCUT2D eigenvalue weighted by Crippen LogP contribution is 2.18. The van der Waals surface area contributed by atoms with E-state index in [0.717, 1.165) is 25.7 Å². The second kappa shape index (κ2) is 10.2. The van der Waals surface area contributed by atoms with Crippen LogP contribution >= 0.6 is 0 Å². The average molecular weight is 390 g/mol. The molecule has 2 aliphatic rings. The van der Waals surface area contributed by atoms with Crippen molar-refractivity contribution in [2.45, 2.75) is 70.4 Å². The number of hydrogen-bond acceptors (Lipinski definition) is 6. The van der Waals surface area contributed by atoms with Crippen molar-refractivity contribution in [2.24, 2.45) is 0 Å². The first-order chi connectivity index (χ1) is 13.7. The van der Waals surface area contributed by atoms with Gasteiger partial charge in [-0.15, -0.1) is 0 Å². The van der Waals surface area contributed by atoms with E-state index >= 15 is 0 Å². The lowest BCUT2D eigenvalue weighted by molar-refractivity contribution is 0.0927. The molecule has 8 nitrogen and oxygen atoms in total. The van der Waals surface area contributed by atoms with Crippen molar-refractivity contribution in [3.8, 4) is 0 Å². The van der Waals surface area contributed by atoms with Gasteiger partial charge in [-0.1, -0.05) is 25.7 Å². The molecule has 0 atom stereocenters. The summed E-state index contributed by atoms with van der Waals surface area (Å²) in [5.41, 5.74) is 0.354. The molecule has 1 aliphatic carbocycles. The van der Waals surface area contributed by atoms with Crippen molar-refractivity contribution in [3.63, 3.8) is 0 Å². The Bertz CT molecular complexity index is 636. The summed E-state index contributed by atoms with van der Waals surface area (Å²) in [5.74, 6) is 0.509. The zero-order chi connectivity index (χ0) is 19.8. The fourth-order valence-electron chi connectivity index (χ4n) is 3.83. The van der Waals surface area contributed by atoms with Crippen LogP contribution in [0.4, 0.5) is 10.6 Å². The number of hydrogen-bond donors (Lipinski definition) is 2. The molecule has 1 saturated carbocycles. The smallest absolute Gasteiger partial charge is 0.409 e. The summed E-state index contributed by atoms with van der Waals surface area (Å²) in [5, 5.41) is 6.43. The van der Waals surface area contributed by atoms with Crippen molar-refractivity contribution in [1.82, 2.24) is 20.2 Å². The van der Waals surface area contributed by atoms with Gasteiger partial charge in [-0.25, -0.2) is 14.8 Å². The van der Waals surface area contributed by atoms with Crippen LogP contribution in [0.1, 0.15) is 68.8 Å². The third kappa shape index (κ3) is 5.81. The van der Waals surface area contributed by atoms with Crippen molar-refractivity contribution in [1.29, 1.82) is 0 Å². The lowest BCUT2D eigenvalue weighted by atomic mass is 10.1. The highest BCUT2D eigenvalue weighted by molar-refractivity contribution is 5.92. The van der Waals surface area contributed by atoms with Crippen molar-refractivity contribution >= 4 is 17.8 Å². The molecule has 2 N–H and O–H groups in total. The Kier molecular flexibility index (Phi) is 7.45. The minimum absolute atomic E-state index is 0.145. The highest BCUT2D eigenvalue weighted by Gasteiger charge is 2.24. The maximum Gasteiger partial charge on any atom is 0.409 e. The van der Waals surface area contributed by atoms with E-state index in [4.69, 9.17) is 4.74 Å². The summed E-state index contributed by atoms with van der Waals surface area (Å²) in [6.45, 7) is 3.52. The molecular formula is C20H31N5O3. The molecule has 1 aliphatic heterocycles. The SMILES string of the molecule is CCOC(=O)N1CCC(Nc2cnc(C(=O)NC3CCCCCC3)cn2)CC1. The van der Waals surface area contributed by atoms with Crippen LogP contribution in [0.15, 0.2) is 12.4 Å². The lowest BCUT2D eigenvalue weighted by Crippen LogP contribution is -2.42. The fourth-order valence-corrected chi connectivity index (χ4v) is 3.83. The Morgan fingerprint density at radius 1 is 1.04 bits per heavy atom. The van der Waals surface area contributed by atoms with E-state index in [1.165, 1.54) is 31.9 Å². The number of rotatable bonds is 5. The monoisotopic (exact) mass is 389 g/mol. The molecule has 154 valence electrons. The number of carbonyl (C=O) groups excluding carboxylic acids is 2. The molecule has 2 fully saturated rings. The molecule has 2 amide bonds. The quantitative estimate of drug-likeness (QED) is 0.752. The summed E-state index contributed by atoms with van der Waals surface area (Å²) in [4.78, 5) is 34.5. The standard InChI is InChI=1S/C20H31N5O3/c1-2-28-20(27)25-11-9-16(10-12-25)23-18-14-21-17(13-22-18)19(26)24-15-7-5-3-4-6-8-15/h13-16H,2-12H2,1H3,(H,22,23)(H,24,26). The normalized spacial score (nSPS) is 19.0. The third-order valence-electron chi connectivity index (χ3n) is 5.45. The number of ether oxygens (including phenoxy) is 1. The van der Waals surface area contributed by atoms with E-state index in [0.29, 0.717) is 31.2 Å². The largest absolute Gasteiger partial charge is 0.450 e. The van der Waals surface area contributed by atoms with Crippen molar-refractivity contribution in [3.05, 3.63) is 18.1 Å². The Morgan fingerprint density at radius 3 is 2.36 bits per heavy atom. The van der Waals surface area contributed by atoms with Crippen LogP contribution < -0.4 is 10.6 Å². The number of nitrogens with one attached hydrogen (secondary N) is 2. The zero-order valence-electron chi connectivity index (χ0n) is 16.7. The molecule has 28 heavy (non-hydrogen) atoms. The fraction of sp³-hybridized carbons (Fsp3) is 0.700. The zero-order valence-corrected chi connectivity index (χ0v) is 16.7. The maximum absolute atomic E-state index is 12.4. The Morgan fingerprint density at radius 2 is 1.75 bits per heavy atom. The second-order valence-corrected chi connectivity index (χ2v) is 7.55. The number of amides is 2. The highest BCUT2D eigenvalue weighted by atomic mass is 16.6. The third-order valence-corrected chi connectivity index (χ3v) is 5.45. The van der Waals surface area contributed by atoms with Gasteiger partial charge in [0, 0.05) is 25.2 Å². The van der Waals surface area contributed by atoms with E-state index < -0.39 is 0 Å². The van der Waals surface area contributed by atoms with Crippen molar-refractivity contribution in [2.75, 3.05) is 25.0 Å². The van der Waals surface area contributed by atoms with Gasteiger partial charge in [0.15, 0.2) is 0 Å². The van der Waals surface area contributed by atoms with Gasteiger partial charge >= 0.3 is 6.09 Å². The van der Waals surface area contributed by atoms with Crippen LogP contribution in [0.25, 0.3) is 0 Å². The summed E-state index contributed by atoms with van der Waals surface area (Å²) in [7, 11) is 0. The van der Waals surface area contributed by atoms with E-state index in [9.17, 15) is 9.59 Å². The first-order valence-electron chi connectivity index (χ1n) is 10.5. The number of anilines is 1. The maximum atomic E-state index is 12.4. The van der Waals surface area contributed by atoms with Gasteiger partial charge in [-0.05, 0) is 32.6 Å². The van der Waals surface area contributed by atoms with Crippen LogP contribution in [0.2, 0.25) is 0 Å². The molecule has 1 aromatic heterocycles. The lowest BCUT2D eigenvalue weighted by Gasteiger charge is -2.31. The number of aromatic nitrogens is 2. The molecular weight excluding hydrogens is 358 g/mol. The van der Waals surface area contributed by atoms with Crippen LogP contribution in [-0.2, 0) is 4.74 Å². The van der Waals surface area contributed by atoms with Gasteiger partial charge in [0.05, 0.1) is 19.0 Å². The topological polar surface area (TPSA) is 96.5 Å². The molecule has 0 radical (unpaired) electrons. The molecule has 0 unspecified atom stereocenters. The van der Waals surface area contributed by atoms with Crippen molar-refractivity contribution < 1.29 is 14.3 Å². The summed E-state index contributed by atoms with van der Waals surface area (Å²) >= 11 is 0. The number of likely N-dealkylation sites (tertiary alicyclic amines) is 1. The second-order valence-electron chi connectivity index (χ2n) is 7.55. The Balaban J connectivity index is 1.45. The molecule has 8 heteroatoms. The van der Waals surface area contributed by atoms with E-state index in [2.05, 4.69) is 20.6 Å².